The Kier molecular flexibility index (Phi) is 5.34. The summed E-state index contributed by atoms with van der Waals surface area (Å²) in [6.07, 6.45) is 3.47. The number of carbonyl (C=O) groups is 2. The van der Waals surface area contributed by atoms with E-state index in [4.69, 9.17) is 4.74 Å². The van der Waals surface area contributed by atoms with Gasteiger partial charge in [0, 0.05) is 38.4 Å². The van der Waals surface area contributed by atoms with Gasteiger partial charge in [-0.05, 0) is 43.7 Å². The van der Waals surface area contributed by atoms with Crippen LogP contribution < -0.4 is 4.90 Å². The van der Waals surface area contributed by atoms with E-state index in [2.05, 4.69) is 17.0 Å². The minimum atomic E-state index is -0.177. The van der Waals surface area contributed by atoms with Gasteiger partial charge >= 0.3 is 6.09 Å². The zero-order valence-corrected chi connectivity index (χ0v) is 16.1. The maximum Gasteiger partial charge on any atom is 0.409 e. The second kappa shape index (κ2) is 7.89. The molecular weight excluding hydrogens is 342 g/mol. The van der Waals surface area contributed by atoms with Crippen LogP contribution in [0.1, 0.15) is 31.7 Å². The number of para-hydroxylation sites is 1. The number of hydrogen-bond acceptors (Lipinski definition) is 4. The molecule has 0 aromatic heterocycles. The molecule has 3 aliphatic heterocycles. The summed E-state index contributed by atoms with van der Waals surface area (Å²) in [5, 5.41) is 0. The molecule has 3 aliphatic rings. The smallest absolute Gasteiger partial charge is 0.409 e. The number of ether oxygens (including phenoxy) is 1. The van der Waals surface area contributed by atoms with Gasteiger partial charge in [-0.2, -0.15) is 0 Å². The van der Waals surface area contributed by atoms with E-state index in [1.165, 1.54) is 0 Å². The van der Waals surface area contributed by atoms with Gasteiger partial charge in [0.1, 0.15) is 0 Å². The van der Waals surface area contributed by atoms with Gasteiger partial charge in [0.2, 0.25) is 5.91 Å². The predicted octanol–water partition coefficient (Wildman–Crippen LogP) is 2.52. The number of likely N-dealkylation sites (tertiary alicyclic amines) is 2. The van der Waals surface area contributed by atoms with E-state index in [1.54, 1.807) is 0 Å². The maximum atomic E-state index is 12.5. The average molecular weight is 371 g/mol. The fourth-order valence-electron chi connectivity index (χ4n) is 4.74. The van der Waals surface area contributed by atoms with Crippen molar-refractivity contribution in [3.05, 3.63) is 29.8 Å². The van der Waals surface area contributed by atoms with Crippen molar-refractivity contribution < 1.29 is 14.3 Å². The number of hydrogen-bond donors (Lipinski definition) is 0. The molecule has 27 heavy (non-hydrogen) atoms. The summed E-state index contributed by atoms with van der Waals surface area (Å²) in [5.41, 5.74) is 2.27. The molecule has 0 bridgehead atoms. The van der Waals surface area contributed by atoms with Crippen molar-refractivity contribution in [2.75, 3.05) is 44.2 Å². The monoisotopic (exact) mass is 371 g/mol. The third-order valence-corrected chi connectivity index (χ3v) is 6.13. The normalized spacial score (nSPS) is 23.7. The molecule has 2 amide bonds. The van der Waals surface area contributed by atoms with Crippen molar-refractivity contribution in [1.29, 1.82) is 0 Å². The molecule has 2 saturated heterocycles. The number of piperidine rings is 1. The SMILES string of the molecule is CCOC(=O)N1CCC(CN2CC[C@@H](N3C(=O)Cc4ccccc43)C2)CC1. The Morgan fingerprint density at radius 3 is 2.70 bits per heavy atom. The molecule has 3 heterocycles. The van der Waals surface area contributed by atoms with E-state index in [9.17, 15) is 9.59 Å². The highest BCUT2D eigenvalue weighted by Crippen LogP contribution is 2.33. The van der Waals surface area contributed by atoms with Crippen LogP contribution in [-0.4, -0.2) is 67.2 Å². The van der Waals surface area contributed by atoms with Crippen LogP contribution in [0.5, 0.6) is 0 Å². The zero-order chi connectivity index (χ0) is 18.8. The minimum absolute atomic E-state index is 0.177. The Morgan fingerprint density at radius 1 is 1.15 bits per heavy atom. The molecule has 1 aromatic rings. The summed E-state index contributed by atoms with van der Waals surface area (Å²) in [6, 6.07) is 8.47. The Morgan fingerprint density at radius 2 is 1.93 bits per heavy atom. The highest BCUT2D eigenvalue weighted by molar-refractivity contribution is 6.01. The van der Waals surface area contributed by atoms with Crippen molar-refractivity contribution in [3.63, 3.8) is 0 Å². The number of nitrogens with zero attached hydrogens (tertiary/aromatic N) is 3. The number of carbonyl (C=O) groups excluding carboxylic acids is 2. The molecule has 0 radical (unpaired) electrons. The molecule has 0 N–H and O–H groups in total. The van der Waals surface area contributed by atoms with E-state index in [0.717, 1.165) is 63.2 Å². The zero-order valence-electron chi connectivity index (χ0n) is 16.1. The lowest BCUT2D eigenvalue weighted by Gasteiger charge is -2.33. The van der Waals surface area contributed by atoms with Gasteiger partial charge in [-0.3, -0.25) is 4.79 Å². The van der Waals surface area contributed by atoms with E-state index in [0.29, 0.717) is 25.0 Å². The third-order valence-electron chi connectivity index (χ3n) is 6.13. The Balaban J connectivity index is 1.29. The number of rotatable bonds is 4. The van der Waals surface area contributed by atoms with Crippen LogP contribution in [-0.2, 0) is 16.0 Å². The van der Waals surface area contributed by atoms with Crippen LogP contribution in [0.25, 0.3) is 0 Å². The number of anilines is 1. The minimum Gasteiger partial charge on any atom is -0.450 e. The van der Waals surface area contributed by atoms with E-state index in [-0.39, 0.29) is 12.0 Å². The summed E-state index contributed by atoms with van der Waals surface area (Å²) in [6.45, 7) is 6.94. The molecular formula is C21H29N3O3. The number of benzene rings is 1. The molecule has 146 valence electrons. The molecule has 1 aromatic carbocycles. The lowest BCUT2D eigenvalue weighted by atomic mass is 9.96. The highest BCUT2D eigenvalue weighted by Gasteiger charge is 2.37. The Labute approximate surface area is 161 Å². The van der Waals surface area contributed by atoms with Crippen molar-refractivity contribution in [1.82, 2.24) is 9.80 Å². The first-order chi connectivity index (χ1) is 13.2. The van der Waals surface area contributed by atoms with Gasteiger partial charge in [0.15, 0.2) is 0 Å². The largest absolute Gasteiger partial charge is 0.450 e. The standard InChI is InChI=1S/C21H29N3O3/c1-2-27-21(26)23-11-7-16(8-12-23)14-22-10-9-18(15-22)24-19-6-4-3-5-17(19)13-20(24)25/h3-6,16,18H,2,7-15H2,1H3/t18-/m1/s1. The maximum absolute atomic E-state index is 12.5. The molecule has 6 heteroatoms. The van der Waals surface area contributed by atoms with Gasteiger partial charge < -0.3 is 19.4 Å². The van der Waals surface area contributed by atoms with Crippen LogP contribution in [0.15, 0.2) is 24.3 Å². The lowest BCUT2D eigenvalue weighted by molar-refractivity contribution is -0.117. The summed E-state index contributed by atoms with van der Waals surface area (Å²) >= 11 is 0. The molecule has 2 fully saturated rings. The second-order valence-corrected chi connectivity index (χ2v) is 7.90. The predicted molar refractivity (Wildman–Crippen MR) is 104 cm³/mol. The van der Waals surface area contributed by atoms with Gasteiger partial charge in [-0.1, -0.05) is 18.2 Å². The topological polar surface area (TPSA) is 53.1 Å². The number of amides is 2. The average Bonchev–Trinajstić information content (AvgIpc) is 3.25. The lowest BCUT2D eigenvalue weighted by Crippen LogP contribution is -2.43. The fourth-order valence-corrected chi connectivity index (χ4v) is 4.74. The van der Waals surface area contributed by atoms with Crippen LogP contribution in [0.3, 0.4) is 0 Å². The quantitative estimate of drug-likeness (QED) is 0.816. The first kappa shape index (κ1) is 18.3. The Hall–Kier alpha value is -2.08. The van der Waals surface area contributed by atoms with E-state index in [1.807, 2.05) is 28.9 Å². The second-order valence-electron chi connectivity index (χ2n) is 7.90. The fraction of sp³-hybridized carbons (Fsp3) is 0.619. The molecule has 0 spiro atoms. The van der Waals surface area contributed by atoms with Crippen molar-refractivity contribution in [3.8, 4) is 0 Å². The van der Waals surface area contributed by atoms with Crippen molar-refractivity contribution in [2.45, 2.75) is 38.6 Å². The van der Waals surface area contributed by atoms with Gasteiger partial charge in [-0.15, -0.1) is 0 Å². The van der Waals surface area contributed by atoms with Crippen LogP contribution >= 0.6 is 0 Å². The van der Waals surface area contributed by atoms with Crippen LogP contribution in [0.2, 0.25) is 0 Å². The van der Waals surface area contributed by atoms with Crippen LogP contribution in [0, 0.1) is 5.92 Å². The third kappa shape index (κ3) is 3.81. The van der Waals surface area contributed by atoms with Gasteiger partial charge in [0.05, 0.1) is 19.1 Å². The van der Waals surface area contributed by atoms with Crippen molar-refractivity contribution >= 4 is 17.7 Å². The molecule has 1 atom stereocenters. The first-order valence-corrected chi connectivity index (χ1v) is 10.2. The molecule has 4 rings (SSSR count). The summed E-state index contributed by atoms with van der Waals surface area (Å²) in [4.78, 5) is 30.7. The Bertz CT molecular complexity index is 700. The van der Waals surface area contributed by atoms with Crippen LogP contribution in [0.4, 0.5) is 10.5 Å². The molecule has 6 nitrogen and oxygen atoms in total. The molecule has 0 aliphatic carbocycles. The highest BCUT2D eigenvalue weighted by atomic mass is 16.6. The van der Waals surface area contributed by atoms with Crippen molar-refractivity contribution in [2.24, 2.45) is 5.92 Å². The van der Waals surface area contributed by atoms with Gasteiger partial charge in [0.25, 0.3) is 0 Å². The molecule has 0 unspecified atom stereocenters. The molecule has 0 saturated carbocycles. The summed E-state index contributed by atoms with van der Waals surface area (Å²) in [5.74, 6) is 0.863. The summed E-state index contributed by atoms with van der Waals surface area (Å²) in [7, 11) is 0. The van der Waals surface area contributed by atoms with E-state index >= 15 is 0 Å². The first-order valence-electron chi connectivity index (χ1n) is 10.2. The van der Waals surface area contributed by atoms with Gasteiger partial charge in [-0.25, -0.2) is 4.79 Å². The summed E-state index contributed by atoms with van der Waals surface area (Å²) < 4.78 is 5.10. The van der Waals surface area contributed by atoms with E-state index < -0.39 is 0 Å². The number of fused-ring (bicyclic) bond motifs is 1.